The Labute approximate surface area is 85.7 Å². The lowest BCUT2D eigenvalue weighted by molar-refractivity contribution is 0.101. The summed E-state index contributed by atoms with van der Waals surface area (Å²) in [6.45, 7) is 2.95. The third-order valence-corrected chi connectivity index (χ3v) is 2.28. The fourth-order valence-electron chi connectivity index (χ4n) is 1.21. The average Bonchev–Trinajstić information content (AvgIpc) is 2.07. The summed E-state index contributed by atoms with van der Waals surface area (Å²) in [5, 5.41) is -0.141. The number of hydrogen-bond donors (Lipinski definition) is 0. The highest BCUT2D eigenvalue weighted by atomic mass is 35.5. The minimum Gasteiger partial charge on any atom is -0.294 e. The molecule has 0 aliphatic rings. The lowest BCUT2D eigenvalue weighted by Gasteiger charge is -2.08. The van der Waals surface area contributed by atoms with Crippen molar-refractivity contribution in [3.05, 3.63) is 33.8 Å². The van der Waals surface area contributed by atoms with Crippen LogP contribution in [-0.4, -0.2) is 5.78 Å². The molecule has 0 saturated carbocycles. The lowest BCUT2D eigenvalue weighted by atomic mass is 10.0. The van der Waals surface area contributed by atoms with Gasteiger partial charge in [0.05, 0.1) is 5.02 Å². The van der Waals surface area contributed by atoms with Crippen LogP contribution in [0.25, 0.3) is 0 Å². The maximum absolute atomic E-state index is 12.5. The molecular formula is C10H9ClF2O. The van der Waals surface area contributed by atoms with E-state index in [1.807, 2.05) is 0 Å². The first-order valence-electron chi connectivity index (χ1n) is 4.02. The van der Waals surface area contributed by atoms with E-state index in [-0.39, 0.29) is 21.9 Å². The second-order valence-corrected chi connectivity index (χ2v) is 3.45. The monoisotopic (exact) mass is 218 g/mol. The van der Waals surface area contributed by atoms with Gasteiger partial charge in [-0.05, 0) is 31.5 Å². The molecule has 0 heterocycles. The number of carbonyl (C=O) groups excluding carboxylic acids is 1. The molecule has 1 aromatic rings. The van der Waals surface area contributed by atoms with Gasteiger partial charge in [-0.25, -0.2) is 8.78 Å². The van der Waals surface area contributed by atoms with E-state index in [0.717, 1.165) is 0 Å². The summed E-state index contributed by atoms with van der Waals surface area (Å²) in [5.41, 5.74) is 0.480. The topological polar surface area (TPSA) is 17.1 Å². The second-order valence-electron chi connectivity index (χ2n) is 3.07. The Balaban J connectivity index is 3.40. The van der Waals surface area contributed by atoms with Gasteiger partial charge < -0.3 is 0 Å². The van der Waals surface area contributed by atoms with Gasteiger partial charge in [0.25, 0.3) is 6.43 Å². The highest BCUT2D eigenvalue weighted by molar-refractivity contribution is 6.34. The molecule has 0 bridgehead atoms. The van der Waals surface area contributed by atoms with E-state index in [1.165, 1.54) is 19.1 Å². The van der Waals surface area contributed by atoms with Crippen molar-refractivity contribution < 1.29 is 13.6 Å². The number of alkyl halides is 2. The Kier molecular flexibility index (Phi) is 3.21. The van der Waals surface area contributed by atoms with Gasteiger partial charge in [-0.3, -0.25) is 4.79 Å². The summed E-state index contributed by atoms with van der Waals surface area (Å²) in [4.78, 5) is 11.1. The zero-order valence-electron chi connectivity index (χ0n) is 7.77. The lowest BCUT2D eigenvalue weighted by Crippen LogP contribution is -1.99. The number of rotatable bonds is 2. The number of carbonyl (C=O) groups is 1. The molecule has 0 radical (unpaired) electrons. The molecule has 0 unspecified atom stereocenters. The van der Waals surface area contributed by atoms with Crippen LogP contribution in [-0.2, 0) is 0 Å². The summed E-state index contributed by atoms with van der Waals surface area (Å²) in [7, 11) is 0. The first-order chi connectivity index (χ1) is 6.43. The predicted molar refractivity (Wildman–Crippen MR) is 51.2 cm³/mol. The Hall–Kier alpha value is -0.960. The van der Waals surface area contributed by atoms with Gasteiger partial charge in [-0.15, -0.1) is 0 Å². The number of aryl methyl sites for hydroxylation is 1. The second kappa shape index (κ2) is 4.05. The third-order valence-electron chi connectivity index (χ3n) is 1.86. The van der Waals surface area contributed by atoms with Crippen molar-refractivity contribution in [2.24, 2.45) is 0 Å². The fourth-order valence-corrected chi connectivity index (χ4v) is 1.54. The van der Waals surface area contributed by atoms with Crippen molar-refractivity contribution in [3.8, 4) is 0 Å². The Bertz CT molecular complexity index is 375. The molecular weight excluding hydrogens is 210 g/mol. The largest absolute Gasteiger partial charge is 0.294 e. The maximum atomic E-state index is 12.5. The number of Topliss-reactive ketones (excluding diaryl/α,β-unsaturated/α-hetero) is 1. The van der Waals surface area contributed by atoms with Gasteiger partial charge in [0.15, 0.2) is 5.78 Å². The molecule has 14 heavy (non-hydrogen) atoms. The molecule has 0 spiro atoms. The van der Waals surface area contributed by atoms with Crippen LogP contribution in [0.5, 0.6) is 0 Å². The van der Waals surface area contributed by atoms with Crippen LogP contribution in [0.3, 0.4) is 0 Å². The number of benzene rings is 1. The molecule has 0 aliphatic carbocycles. The van der Waals surface area contributed by atoms with Gasteiger partial charge in [0.2, 0.25) is 0 Å². The first kappa shape index (κ1) is 11.1. The summed E-state index contributed by atoms with van der Waals surface area (Å²) in [6.07, 6.45) is -2.65. The quantitative estimate of drug-likeness (QED) is 0.691. The van der Waals surface area contributed by atoms with Gasteiger partial charge in [-0.1, -0.05) is 11.6 Å². The van der Waals surface area contributed by atoms with Crippen molar-refractivity contribution in [1.82, 2.24) is 0 Å². The zero-order valence-corrected chi connectivity index (χ0v) is 8.53. The SMILES string of the molecule is CC(=O)c1cc(C)cc(C(F)F)c1Cl. The Morgan fingerprint density at radius 1 is 1.43 bits per heavy atom. The van der Waals surface area contributed by atoms with Gasteiger partial charge in [-0.2, -0.15) is 0 Å². The molecule has 0 saturated heterocycles. The average molecular weight is 219 g/mol. The van der Waals surface area contributed by atoms with Crippen molar-refractivity contribution in [2.45, 2.75) is 20.3 Å². The van der Waals surface area contributed by atoms with E-state index in [4.69, 9.17) is 11.6 Å². The molecule has 1 aromatic carbocycles. The maximum Gasteiger partial charge on any atom is 0.265 e. The molecule has 0 N–H and O–H groups in total. The minimum absolute atomic E-state index is 0.141. The molecule has 1 rings (SSSR count). The van der Waals surface area contributed by atoms with Gasteiger partial charge in [0.1, 0.15) is 0 Å². The van der Waals surface area contributed by atoms with Crippen LogP contribution in [0.1, 0.15) is 34.8 Å². The van der Waals surface area contributed by atoms with Crippen LogP contribution in [0.15, 0.2) is 12.1 Å². The summed E-state index contributed by atoms with van der Waals surface area (Å²) < 4.78 is 24.9. The fraction of sp³-hybridized carbons (Fsp3) is 0.300. The van der Waals surface area contributed by atoms with Crippen LogP contribution >= 0.6 is 11.6 Å². The normalized spacial score (nSPS) is 10.7. The van der Waals surface area contributed by atoms with E-state index < -0.39 is 6.43 Å². The zero-order chi connectivity index (χ0) is 10.9. The third kappa shape index (κ3) is 2.10. The molecule has 0 aliphatic heterocycles. The van der Waals surface area contributed by atoms with E-state index in [9.17, 15) is 13.6 Å². The van der Waals surface area contributed by atoms with Crippen LogP contribution < -0.4 is 0 Å². The standard InChI is InChI=1S/C10H9ClF2O/c1-5-3-7(6(2)14)9(11)8(4-5)10(12)13/h3-4,10H,1-2H3. The molecule has 76 valence electrons. The molecule has 1 nitrogen and oxygen atoms in total. The summed E-state index contributed by atoms with van der Waals surface area (Å²) >= 11 is 5.67. The number of hydrogen-bond acceptors (Lipinski definition) is 1. The van der Waals surface area contributed by atoms with Crippen molar-refractivity contribution in [2.75, 3.05) is 0 Å². The molecule has 0 atom stereocenters. The van der Waals surface area contributed by atoms with Gasteiger partial charge >= 0.3 is 0 Å². The number of halogens is 3. The first-order valence-corrected chi connectivity index (χ1v) is 4.40. The van der Waals surface area contributed by atoms with Crippen molar-refractivity contribution in [3.63, 3.8) is 0 Å². The summed E-state index contributed by atoms with van der Waals surface area (Å²) in [6, 6.07) is 2.80. The smallest absolute Gasteiger partial charge is 0.265 e. The van der Waals surface area contributed by atoms with Crippen LogP contribution in [0.2, 0.25) is 5.02 Å². The molecule has 4 heteroatoms. The predicted octanol–water partition coefficient (Wildman–Crippen LogP) is 3.79. The van der Waals surface area contributed by atoms with Gasteiger partial charge in [0, 0.05) is 11.1 Å². The number of ketones is 1. The van der Waals surface area contributed by atoms with Crippen LogP contribution in [0, 0.1) is 6.92 Å². The minimum atomic E-state index is -2.65. The van der Waals surface area contributed by atoms with E-state index in [1.54, 1.807) is 6.92 Å². The Morgan fingerprint density at radius 3 is 2.43 bits per heavy atom. The highest BCUT2D eigenvalue weighted by Crippen LogP contribution is 2.31. The van der Waals surface area contributed by atoms with E-state index in [0.29, 0.717) is 5.56 Å². The summed E-state index contributed by atoms with van der Waals surface area (Å²) in [5.74, 6) is -0.305. The Morgan fingerprint density at radius 2 is 2.00 bits per heavy atom. The molecule has 0 fully saturated rings. The molecule has 0 amide bonds. The van der Waals surface area contributed by atoms with Crippen molar-refractivity contribution >= 4 is 17.4 Å². The van der Waals surface area contributed by atoms with Crippen LogP contribution in [0.4, 0.5) is 8.78 Å². The highest BCUT2D eigenvalue weighted by Gasteiger charge is 2.17. The molecule has 0 aromatic heterocycles. The van der Waals surface area contributed by atoms with Crippen molar-refractivity contribution in [1.29, 1.82) is 0 Å². The van der Waals surface area contributed by atoms with E-state index in [2.05, 4.69) is 0 Å². The van der Waals surface area contributed by atoms with E-state index >= 15 is 0 Å².